The number of aromatic hydroxyl groups is 1. The van der Waals surface area contributed by atoms with Gasteiger partial charge in [-0.05, 0) is 61.1 Å². The maximum absolute atomic E-state index is 13.1. The maximum Gasteiger partial charge on any atom is 0.346 e. The second-order valence-electron chi connectivity index (χ2n) is 9.36. The van der Waals surface area contributed by atoms with Gasteiger partial charge in [0.05, 0.1) is 13.2 Å². The van der Waals surface area contributed by atoms with Gasteiger partial charge in [0.2, 0.25) is 0 Å². The molecule has 1 heterocycles. The first-order chi connectivity index (χ1) is 17.3. The number of allylic oxidation sites excluding steroid dienone is 1. The summed E-state index contributed by atoms with van der Waals surface area (Å²) in [6.45, 7) is 7.76. The van der Waals surface area contributed by atoms with Crippen LogP contribution in [0.15, 0.2) is 54.6 Å². The molecule has 0 aliphatic carbocycles. The van der Waals surface area contributed by atoms with Crippen LogP contribution in [0.3, 0.4) is 0 Å². The Morgan fingerprint density at radius 2 is 1.89 bits per heavy atom. The second kappa shape index (κ2) is 10.5. The highest BCUT2D eigenvalue weighted by Crippen LogP contribution is 2.47. The first kappa shape index (κ1) is 25.3. The Kier molecular flexibility index (Phi) is 7.36. The molecule has 4 rings (SSSR count). The van der Waals surface area contributed by atoms with Crippen LogP contribution in [0, 0.1) is 12.8 Å². The molecule has 3 aromatic carbocycles. The first-order valence-electron chi connectivity index (χ1n) is 12.1. The van der Waals surface area contributed by atoms with E-state index in [-0.39, 0.29) is 41.1 Å². The van der Waals surface area contributed by atoms with Gasteiger partial charge < -0.3 is 24.4 Å². The summed E-state index contributed by atoms with van der Waals surface area (Å²) in [6.07, 6.45) is 1.64. The van der Waals surface area contributed by atoms with Crippen LogP contribution in [0.4, 0.5) is 0 Å². The Hall–Kier alpha value is -3.77. The summed E-state index contributed by atoms with van der Waals surface area (Å²) in [7, 11) is 1.44. The normalized spacial score (nSPS) is 14.2. The molecule has 0 radical (unpaired) electrons. The van der Waals surface area contributed by atoms with Gasteiger partial charge in [-0.2, -0.15) is 0 Å². The minimum Gasteiger partial charge on any atom is -0.504 e. The van der Waals surface area contributed by atoms with Crippen LogP contribution in [-0.2, 0) is 11.3 Å². The highest BCUT2D eigenvalue weighted by Gasteiger charge is 2.31. The van der Waals surface area contributed by atoms with E-state index in [2.05, 4.69) is 0 Å². The SMILES string of the molecule is CC=C(c1ccccc1)c1c(C)cc2c(c1O)Oc1ccc(C(O)CC(C)C)c(OC)c1C(=O)OC2. The molecule has 1 aliphatic rings. The molecule has 0 spiro atoms. The lowest BCUT2D eigenvalue weighted by molar-refractivity contribution is 0.0453. The lowest BCUT2D eigenvalue weighted by Gasteiger charge is -2.25. The predicted octanol–water partition coefficient (Wildman–Crippen LogP) is 6.70. The number of carbonyl (C=O) groups excluding carboxylic acids is 1. The zero-order chi connectivity index (χ0) is 26.0. The summed E-state index contributed by atoms with van der Waals surface area (Å²) < 4.78 is 17.4. The lowest BCUT2D eigenvalue weighted by atomic mass is 9.91. The van der Waals surface area contributed by atoms with E-state index in [1.807, 2.05) is 70.2 Å². The number of aliphatic hydroxyl groups excluding tert-OH is 1. The molecule has 1 aliphatic heterocycles. The van der Waals surface area contributed by atoms with Crippen LogP contribution in [0.25, 0.3) is 5.57 Å². The molecule has 0 amide bonds. The molecule has 3 aromatic rings. The van der Waals surface area contributed by atoms with Crippen molar-refractivity contribution >= 4 is 11.5 Å². The van der Waals surface area contributed by atoms with Crippen LogP contribution in [0.2, 0.25) is 0 Å². The Bertz CT molecular complexity index is 1310. The third kappa shape index (κ3) is 4.69. The second-order valence-corrected chi connectivity index (χ2v) is 9.36. The minimum absolute atomic E-state index is 0.0336. The van der Waals surface area contributed by atoms with Crippen LogP contribution in [-0.4, -0.2) is 23.3 Å². The van der Waals surface area contributed by atoms with Crippen LogP contribution < -0.4 is 9.47 Å². The van der Waals surface area contributed by atoms with Gasteiger partial charge in [-0.1, -0.05) is 50.3 Å². The molecular formula is C30H32O6. The number of rotatable bonds is 6. The number of aryl methyl sites for hydroxylation is 1. The van der Waals surface area contributed by atoms with Crippen molar-refractivity contribution in [1.29, 1.82) is 0 Å². The van der Waals surface area contributed by atoms with Crippen molar-refractivity contribution < 1.29 is 29.2 Å². The molecule has 0 saturated heterocycles. The van der Waals surface area contributed by atoms with E-state index in [0.29, 0.717) is 23.1 Å². The number of aliphatic hydroxyl groups is 1. The lowest BCUT2D eigenvalue weighted by Crippen LogP contribution is -2.15. The van der Waals surface area contributed by atoms with E-state index >= 15 is 0 Å². The Balaban J connectivity index is 1.87. The fraction of sp³-hybridized carbons (Fsp3) is 0.300. The number of carbonyl (C=O) groups is 1. The first-order valence-corrected chi connectivity index (χ1v) is 12.1. The molecule has 0 bridgehead atoms. The number of hydrogen-bond acceptors (Lipinski definition) is 6. The monoisotopic (exact) mass is 488 g/mol. The van der Waals surface area contributed by atoms with E-state index < -0.39 is 12.1 Å². The summed E-state index contributed by atoms with van der Waals surface area (Å²) in [5.41, 5.74) is 4.42. The third-order valence-corrected chi connectivity index (χ3v) is 6.35. The number of phenols is 1. The molecule has 6 heteroatoms. The number of cyclic esters (lactones) is 1. The van der Waals surface area contributed by atoms with Gasteiger partial charge in [0.15, 0.2) is 11.5 Å². The molecule has 0 fully saturated rings. The van der Waals surface area contributed by atoms with E-state index in [0.717, 1.165) is 16.7 Å². The number of methoxy groups -OCH3 is 1. The molecule has 2 N–H and O–H groups in total. The summed E-state index contributed by atoms with van der Waals surface area (Å²) in [4.78, 5) is 13.1. The fourth-order valence-electron chi connectivity index (χ4n) is 4.73. The fourth-order valence-corrected chi connectivity index (χ4v) is 4.73. The van der Waals surface area contributed by atoms with Crippen LogP contribution in [0.5, 0.6) is 23.0 Å². The summed E-state index contributed by atoms with van der Waals surface area (Å²) in [5, 5.41) is 22.2. The van der Waals surface area contributed by atoms with Crippen molar-refractivity contribution in [3.8, 4) is 23.0 Å². The third-order valence-electron chi connectivity index (χ3n) is 6.35. The van der Waals surface area contributed by atoms with Crippen molar-refractivity contribution in [2.45, 2.75) is 46.8 Å². The van der Waals surface area contributed by atoms with Gasteiger partial charge in [-0.3, -0.25) is 0 Å². The van der Waals surface area contributed by atoms with Crippen molar-refractivity contribution in [2.24, 2.45) is 5.92 Å². The predicted molar refractivity (Wildman–Crippen MR) is 139 cm³/mol. The van der Waals surface area contributed by atoms with Crippen molar-refractivity contribution in [2.75, 3.05) is 7.11 Å². The smallest absolute Gasteiger partial charge is 0.346 e. The maximum atomic E-state index is 13.1. The topological polar surface area (TPSA) is 85.2 Å². The Labute approximate surface area is 211 Å². The molecule has 188 valence electrons. The van der Waals surface area contributed by atoms with E-state index in [9.17, 15) is 15.0 Å². The van der Waals surface area contributed by atoms with Gasteiger partial charge in [-0.15, -0.1) is 0 Å². The van der Waals surface area contributed by atoms with Gasteiger partial charge in [0, 0.05) is 16.7 Å². The average Bonchev–Trinajstić information content (AvgIpc) is 2.85. The Morgan fingerprint density at radius 1 is 1.17 bits per heavy atom. The molecule has 6 nitrogen and oxygen atoms in total. The highest BCUT2D eigenvalue weighted by molar-refractivity contribution is 5.97. The zero-order valence-corrected chi connectivity index (χ0v) is 21.3. The number of ether oxygens (including phenoxy) is 3. The standard InChI is InChI=1S/C30H32O6/c1-6-21(19-10-8-7-9-11-19)25-18(4)15-20-16-35-30(33)26-24(36-28(20)27(25)32)13-12-22(29(26)34-5)23(31)14-17(2)3/h6-13,15,17,23,31-32H,14,16H2,1-5H3. The molecule has 36 heavy (non-hydrogen) atoms. The summed E-state index contributed by atoms with van der Waals surface area (Å²) in [5.74, 6) is 0.201. The molecule has 0 saturated carbocycles. The Morgan fingerprint density at radius 3 is 2.53 bits per heavy atom. The molecule has 1 atom stereocenters. The van der Waals surface area contributed by atoms with Crippen molar-refractivity contribution in [3.05, 3.63) is 88.0 Å². The summed E-state index contributed by atoms with van der Waals surface area (Å²) in [6, 6.07) is 15.0. The quantitative estimate of drug-likeness (QED) is 0.376. The highest BCUT2D eigenvalue weighted by atomic mass is 16.5. The van der Waals surface area contributed by atoms with Crippen molar-refractivity contribution in [3.63, 3.8) is 0 Å². The van der Waals surface area contributed by atoms with Gasteiger partial charge in [0.1, 0.15) is 23.7 Å². The van der Waals surface area contributed by atoms with Gasteiger partial charge in [0.25, 0.3) is 0 Å². The number of fused-ring (bicyclic) bond motifs is 2. The zero-order valence-electron chi connectivity index (χ0n) is 21.3. The van der Waals surface area contributed by atoms with Gasteiger partial charge in [-0.25, -0.2) is 4.79 Å². The van der Waals surface area contributed by atoms with E-state index in [4.69, 9.17) is 14.2 Å². The van der Waals surface area contributed by atoms with Crippen molar-refractivity contribution in [1.82, 2.24) is 0 Å². The van der Waals surface area contributed by atoms with Crippen LogP contribution in [0.1, 0.15) is 71.5 Å². The average molecular weight is 489 g/mol. The number of phenolic OH excluding ortho intramolecular Hbond substituents is 1. The number of benzene rings is 3. The summed E-state index contributed by atoms with van der Waals surface area (Å²) >= 11 is 0. The minimum atomic E-state index is -0.818. The van der Waals surface area contributed by atoms with E-state index in [1.54, 1.807) is 12.1 Å². The van der Waals surface area contributed by atoms with Gasteiger partial charge >= 0.3 is 5.97 Å². The largest absolute Gasteiger partial charge is 0.504 e. The molecule has 1 unspecified atom stereocenters. The van der Waals surface area contributed by atoms with E-state index in [1.165, 1.54) is 7.11 Å². The number of esters is 1. The van der Waals surface area contributed by atoms with Crippen LogP contribution >= 0.6 is 0 Å². The molecule has 0 aromatic heterocycles. The number of hydrogen-bond donors (Lipinski definition) is 2. The molecular weight excluding hydrogens is 456 g/mol.